The molecule has 0 bridgehead atoms. The first-order valence-corrected chi connectivity index (χ1v) is 8.25. The fourth-order valence-corrected chi connectivity index (χ4v) is 2.88. The zero-order chi connectivity index (χ0) is 19.0. The quantitative estimate of drug-likeness (QED) is 0.510. The fraction of sp³-hybridized carbons (Fsp3) is 0.158. The Hall–Kier alpha value is -3.68. The maximum atomic E-state index is 12.2. The molecule has 0 radical (unpaired) electrons. The summed E-state index contributed by atoms with van der Waals surface area (Å²) >= 11 is 0. The van der Waals surface area contributed by atoms with Gasteiger partial charge in [-0.25, -0.2) is 9.78 Å². The van der Waals surface area contributed by atoms with Crippen molar-refractivity contribution in [3.05, 3.63) is 80.8 Å². The van der Waals surface area contributed by atoms with E-state index >= 15 is 0 Å². The van der Waals surface area contributed by atoms with Gasteiger partial charge in [0.05, 0.1) is 11.2 Å². The molecule has 4 rings (SSSR count). The summed E-state index contributed by atoms with van der Waals surface area (Å²) in [6.45, 7) is 1.39. The topological polar surface area (TPSA) is 95.8 Å². The number of benzene rings is 1. The van der Waals surface area contributed by atoms with E-state index in [1.165, 1.54) is 15.0 Å². The predicted molar refractivity (Wildman–Crippen MR) is 96.5 cm³/mol. The van der Waals surface area contributed by atoms with Crippen LogP contribution in [0.2, 0.25) is 0 Å². The van der Waals surface area contributed by atoms with Gasteiger partial charge in [-0.2, -0.15) is 0 Å². The monoisotopic (exact) mass is 365 g/mol. The van der Waals surface area contributed by atoms with Crippen molar-refractivity contribution in [3.8, 4) is 0 Å². The molecule has 0 saturated heterocycles. The molecule has 3 aromatic heterocycles. The van der Waals surface area contributed by atoms with Crippen molar-refractivity contribution < 1.29 is 13.9 Å². The first kappa shape index (κ1) is 16.8. The fourth-order valence-electron chi connectivity index (χ4n) is 2.88. The Morgan fingerprint density at radius 2 is 2.00 bits per heavy atom. The highest BCUT2D eigenvalue weighted by Gasteiger charge is 2.14. The van der Waals surface area contributed by atoms with E-state index in [1.54, 1.807) is 36.5 Å². The summed E-state index contributed by atoms with van der Waals surface area (Å²) in [6.07, 6.45) is 1.63. The molecule has 0 amide bonds. The first-order valence-electron chi connectivity index (χ1n) is 8.25. The number of oxazole rings is 1. The number of aryl methyl sites for hydroxylation is 1. The maximum absolute atomic E-state index is 12.2. The standard InChI is InChI=1S/C19H15N3O5/c1-12-5-4-8-21-16(23)9-13(20-18(12)21)11-26-17(24)10-22-14-6-2-3-7-15(14)27-19(22)25/h2-9H,10-11H2,1H3. The second-order valence-electron chi connectivity index (χ2n) is 6.05. The Morgan fingerprint density at radius 3 is 2.85 bits per heavy atom. The minimum absolute atomic E-state index is 0.163. The molecule has 0 aliphatic heterocycles. The van der Waals surface area contributed by atoms with E-state index in [1.807, 2.05) is 13.0 Å². The lowest BCUT2D eigenvalue weighted by atomic mass is 10.3. The van der Waals surface area contributed by atoms with E-state index in [9.17, 15) is 14.4 Å². The number of hydrogen-bond donors (Lipinski definition) is 0. The zero-order valence-electron chi connectivity index (χ0n) is 14.4. The highest BCUT2D eigenvalue weighted by atomic mass is 16.5. The number of pyridine rings is 1. The number of carbonyl (C=O) groups is 1. The Bertz CT molecular complexity index is 1280. The van der Waals surface area contributed by atoms with Gasteiger partial charge in [0, 0.05) is 12.3 Å². The molecule has 0 N–H and O–H groups in total. The summed E-state index contributed by atoms with van der Waals surface area (Å²) in [4.78, 5) is 40.6. The van der Waals surface area contributed by atoms with Gasteiger partial charge in [-0.15, -0.1) is 0 Å². The van der Waals surface area contributed by atoms with E-state index < -0.39 is 11.7 Å². The van der Waals surface area contributed by atoms with Crippen LogP contribution in [0.15, 0.2) is 62.7 Å². The number of nitrogens with zero attached hydrogens (tertiary/aromatic N) is 3. The molecular formula is C19H15N3O5. The smallest absolute Gasteiger partial charge is 0.420 e. The highest BCUT2D eigenvalue weighted by Crippen LogP contribution is 2.12. The van der Waals surface area contributed by atoms with Crippen LogP contribution in [0.25, 0.3) is 16.7 Å². The predicted octanol–water partition coefficient (Wildman–Crippen LogP) is 1.65. The third-order valence-corrected chi connectivity index (χ3v) is 4.18. The van der Waals surface area contributed by atoms with Crippen LogP contribution < -0.4 is 11.3 Å². The van der Waals surface area contributed by atoms with Crippen molar-refractivity contribution >= 4 is 22.7 Å². The van der Waals surface area contributed by atoms with Crippen LogP contribution in [-0.2, 0) is 22.7 Å². The summed E-state index contributed by atoms with van der Waals surface area (Å²) < 4.78 is 12.9. The molecule has 1 aromatic carbocycles. The van der Waals surface area contributed by atoms with E-state index in [2.05, 4.69) is 4.98 Å². The number of rotatable bonds is 4. The molecule has 0 aliphatic rings. The number of para-hydroxylation sites is 2. The van der Waals surface area contributed by atoms with Gasteiger partial charge in [0.1, 0.15) is 18.8 Å². The Morgan fingerprint density at radius 1 is 1.19 bits per heavy atom. The second-order valence-corrected chi connectivity index (χ2v) is 6.05. The van der Waals surface area contributed by atoms with Gasteiger partial charge in [0.2, 0.25) is 0 Å². The normalized spacial score (nSPS) is 11.1. The molecule has 27 heavy (non-hydrogen) atoms. The van der Waals surface area contributed by atoms with E-state index in [0.717, 1.165) is 5.56 Å². The lowest BCUT2D eigenvalue weighted by Gasteiger charge is -2.07. The van der Waals surface area contributed by atoms with Crippen LogP contribution in [0.4, 0.5) is 0 Å². The van der Waals surface area contributed by atoms with E-state index in [4.69, 9.17) is 9.15 Å². The maximum Gasteiger partial charge on any atom is 0.420 e. The van der Waals surface area contributed by atoms with Crippen LogP contribution in [0.3, 0.4) is 0 Å². The summed E-state index contributed by atoms with van der Waals surface area (Å²) in [5.41, 5.74) is 2.33. The van der Waals surface area contributed by atoms with Crippen LogP contribution >= 0.6 is 0 Å². The molecular weight excluding hydrogens is 350 g/mol. The second kappa shape index (κ2) is 6.56. The van der Waals surface area contributed by atoms with Crippen LogP contribution in [0, 0.1) is 6.92 Å². The number of fused-ring (bicyclic) bond motifs is 2. The molecule has 0 aliphatic carbocycles. The molecule has 0 unspecified atom stereocenters. The largest absolute Gasteiger partial charge is 0.458 e. The van der Waals surface area contributed by atoms with Gasteiger partial charge >= 0.3 is 11.7 Å². The van der Waals surface area contributed by atoms with Crippen LogP contribution in [0.5, 0.6) is 0 Å². The molecule has 0 saturated carbocycles. The Balaban J connectivity index is 1.53. The van der Waals surface area contributed by atoms with Crippen LogP contribution in [0.1, 0.15) is 11.3 Å². The van der Waals surface area contributed by atoms with Crippen molar-refractivity contribution in [1.29, 1.82) is 0 Å². The summed E-state index contributed by atoms with van der Waals surface area (Å²) in [5, 5.41) is 0. The van der Waals surface area contributed by atoms with Gasteiger partial charge < -0.3 is 9.15 Å². The molecule has 0 fully saturated rings. The number of esters is 1. The van der Waals surface area contributed by atoms with Crippen molar-refractivity contribution in [2.24, 2.45) is 0 Å². The average molecular weight is 365 g/mol. The van der Waals surface area contributed by atoms with E-state index in [-0.39, 0.29) is 18.7 Å². The number of aromatic nitrogens is 3. The van der Waals surface area contributed by atoms with Crippen molar-refractivity contribution in [2.75, 3.05) is 0 Å². The van der Waals surface area contributed by atoms with Crippen LogP contribution in [-0.4, -0.2) is 19.9 Å². The van der Waals surface area contributed by atoms with Gasteiger partial charge in [-0.3, -0.25) is 18.6 Å². The van der Waals surface area contributed by atoms with Crippen molar-refractivity contribution in [2.45, 2.75) is 20.1 Å². The third kappa shape index (κ3) is 3.12. The van der Waals surface area contributed by atoms with Gasteiger partial charge in [0.25, 0.3) is 5.56 Å². The third-order valence-electron chi connectivity index (χ3n) is 4.18. The number of ether oxygens (including phenoxy) is 1. The van der Waals surface area contributed by atoms with E-state index in [0.29, 0.717) is 22.4 Å². The molecule has 3 heterocycles. The first-order chi connectivity index (χ1) is 13.0. The minimum Gasteiger partial charge on any atom is -0.458 e. The molecule has 0 spiro atoms. The minimum atomic E-state index is -0.633. The van der Waals surface area contributed by atoms with Gasteiger partial charge in [0.15, 0.2) is 5.58 Å². The SMILES string of the molecule is Cc1cccn2c(=O)cc(COC(=O)Cn3c(=O)oc4ccccc43)nc12. The van der Waals surface area contributed by atoms with Crippen molar-refractivity contribution in [3.63, 3.8) is 0 Å². The summed E-state index contributed by atoms with van der Waals surface area (Å²) in [5.74, 6) is -1.26. The molecule has 0 atom stereocenters. The lowest BCUT2D eigenvalue weighted by molar-refractivity contribution is -0.145. The molecule has 8 heteroatoms. The van der Waals surface area contributed by atoms with Gasteiger partial charge in [-0.1, -0.05) is 18.2 Å². The molecule has 4 aromatic rings. The molecule has 136 valence electrons. The number of carbonyl (C=O) groups excluding carboxylic acids is 1. The Kier molecular flexibility index (Phi) is 4.08. The lowest BCUT2D eigenvalue weighted by Crippen LogP contribution is -2.22. The summed E-state index contributed by atoms with van der Waals surface area (Å²) in [6, 6.07) is 11.7. The highest BCUT2D eigenvalue weighted by molar-refractivity contribution is 5.76. The Labute approximate surface area is 152 Å². The van der Waals surface area contributed by atoms with Crippen molar-refractivity contribution in [1.82, 2.24) is 14.0 Å². The summed E-state index contributed by atoms with van der Waals surface area (Å²) in [7, 11) is 0. The average Bonchev–Trinajstić information content (AvgIpc) is 2.96. The number of hydrogen-bond acceptors (Lipinski definition) is 6. The zero-order valence-corrected chi connectivity index (χ0v) is 14.4. The van der Waals surface area contributed by atoms with Gasteiger partial charge in [-0.05, 0) is 30.7 Å². The molecule has 8 nitrogen and oxygen atoms in total.